The normalized spacial score (nSPS) is 11.2. The highest BCUT2D eigenvalue weighted by molar-refractivity contribution is 6.30. The largest absolute Gasteiger partial charge is 0.496 e. The lowest BCUT2D eigenvalue weighted by Gasteiger charge is -2.13. The molecule has 0 spiro atoms. The number of para-hydroxylation sites is 1. The van der Waals surface area contributed by atoms with Gasteiger partial charge in [-0.25, -0.2) is 4.99 Å². The third-order valence-electron chi connectivity index (χ3n) is 3.32. The molecule has 5 heteroatoms. The van der Waals surface area contributed by atoms with E-state index in [0.717, 1.165) is 34.4 Å². The molecular formula is C18H22ClN3O. The molecule has 2 N–H and O–H groups in total. The van der Waals surface area contributed by atoms with E-state index in [4.69, 9.17) is 16.3 Å². The van der Waals surface area contributed by atoms with Crippen LogP contribution in [-0.4, -0.2) is 19.6 Å². The maximum atomic E-state index is 5.90. The Morgan fingerprint density at radius 2 is 1.83 bits per heavy atom. The predicted octanol–water partition coefficient (Wildman–Crippen LogP) is 3.60. The van der Waals surface area contributed by atoms with Crippen molar-refractivity contribution in [3.63, 3.8) is 0 Å². The first-order valence-corrected chi connectivity index (χ1v) is 7.99. The van der Waals surface area contributed by atoms with Crippen molar-refractivity contribution in [2.24, 2.45) is 4.99 Å². The van der Waals surface area contributed by atoms with Gasteiger partial charge in [0.1, 0.15) is 5.75 Å². The van der Waals surface area contributed by atoms with Crippen LogP contribution in [0.1, 0.15) is 18.1 Å². The average Bonchev–Trinajstić information content (AvgIpc) is 2.59. The van der Waals surface area contributed by atoms with Gasteiger partial charge in [0.15, 0.2) is 5.96 Å². The lowest BCUT2D eigenvalue weighted by atomic mass is 10.2. The van der Waals surface area contributed by atoms with E-state index >= 15 is 0 Å². The van der Waals surface area contributed by atoms with Crippen LogP contribution >= 0.6 is 11.6 Å². The third-order valence-corrected chi connectivity index (χ3v) is 3.57. The highest BCUT2D eigenvalue weighted by atomic mass is 35.5. The fourth-order valence-electron chi connectivity index (χ4n) is 2.13. The van der Waals surface area contributed by atoms with Gasteiger partial charge in [-0.2, -0.15) is 0 Å². The van der Waals surface area contributed by atoms with Gasteiger partial charge in [0.25, 0.3) is 0 Å². The molecule has 0 saturated heterocycles. The zero-order chi connectivity index (χ0) is 16.5. The first-order chi connectivity index (χ1) is 11.2. The van der Waals surface area contributed by atoms with Gasteiger partial charge in [-0.05, 0) is 30.7 Å². The molecule has 0 saturated carbocycles. The molecule has 0 heterocycles. The molecule has 2 aromatic carbocycles. The topological polar surface area (TPSA) is 45.7 Å². The van der Waals surface area contributed by atoms with E-state index in [-0.39, 0.29) is 0 Å². The van der Waals surface area contributed by atoms with E-state index in [1.54, 1.807) is 7.11 Å². The van der Waals surface area contributed by atoms with E-state index in [1.165, 1.54) is 0 Å². The van der Waals surface area contributed by atoms with Crippen LogP contribution in [0, 0.1) is 0 Å². The maximum absolute atomic E-state index is 5.90. The number of halogens is 1. The van der Waals surface area contributed by atoms with Crippen molar-refractivity contribution in [2.75, 3.05) is 13.7 Å². The maximum Gasteiger partial charge on any atom is 0.191 e. The van der Waals surface area contributed by atoms with Gasteiger partial charge in [-0.1, -0.05) is 41.9 Å². The van der Waals surface area contributed by atoms with Crippen molar-refractivity contribution in [3.05, 3.63) is 64.7 Å². The van der Waals surface area contributed by atoms with E-state index in [0.29, 0.717) is 13.1 Å². The van der Waals surface area contributed by atoms with Crippen LogP contribution in [0.25, 0.3) is 0 Å². The van der Waals surface area contributed by atoms with Gasteiger partial charge < -0.3 is 15.4 Å². The third kappa shape index (κ3) is 5.49. The van der Waals surface area contributed by atoms with E-state index in [2.05, 4.69) is 15.6 Å². The molecule has 0 aromatic heterocycles. The van der Waals surface area contributed by atoms with Crippen molar-refractivity contribution < 1.29 is 4.74 Å². The Labute approximate surface area is 142 Å². The van der Waals surface area contributed by atoms with Crippen LogP contribution in [0.3, 0.4) is 0 Å². The Morgan fingerprint density at radius 1 is 1.09 bits per heavy atom. The number of hydrogen-bond acceptors (Lipinski definition) is 2. The summed E-state index contributed by atoms with van der Waals surface area (Å²) < 4.78 is 5.37. The van der Waals surface area contributed by atoms with Crippen LogP contribution < -0.4 is 15.4 Å². The first kappa shape index (κ1) is 17.2. The molecule has 0 aliphatic rings. The number of aliphatic imine (C=N–C) groups is 1. The van der Waals surface area contributed by atoms with Gasteiger partial charge in [-0.15, -0.1) is 0 Å². The summed E-state index contributed by atoms with van der Waals surface area (Å²) in [4.78, 5) is 4.59. The quantitative estimate of drug-likeness (QED) is 0.628. The summed E-state index contributed by atoms with van der Waals surface area (Å²) in [7, 11) is 1.68. The summed E-state index contributed by atoms with van der Waals surface area (Å²) in [6.45, 7) is 4.09. The van der Waals surface area contributed by atoms with Crippen molar-refractivity contribution in [1.82, 2.24) is 10.6 Å². The molecule has 0 atom stereocenters. The Morgan fingerprint density at radius 3 is 2.52 bits per heavy atom. The number of rotatable bonds is 6. The van der Waals surface area contributed by atoms with Gasteiger partial charge in [0.05, 0.1) is 13.7 Å². The number of ether oxygens (including phenoxy) is 1. The van der Waals surface area contributed by atoms with Crippen molar-refractivity contribution in [3.8, 4) is 5.75 Å². The molecule has 23 heavy (non-hydrogen) atoms. The smallest absolute Gasteiger partial charge is 0.191 e. The van der Waals surface area contributed by atoms with Crippen LogP contribution in [0.15, 0.2) is 53.5 Å². The fraction of sp³-hybridized carbons (Fsp3) is 0.278. The number of nitrogens with zero attached hydrogens (tertiary/aromatic N) is 1. The second-order valence-electron chi connectivity index (χ2n) is 4.99. The molecule has 0 unspecified atom stereocenters. The minimum atomic E-state index is 0.596. The molecule has 0 bridgehead atoms. The SMILES string of the molecule is CCNC(=NCc1ccc(Cl)cc1)NCc1ccccc1OC. The Hall–Kier alpha value is -2.20. The summed E-state index contributed by atoms with van der Waals surface area (Å²) in [5, 5.41) is 7.31. The lowest BCUT2D eigenvalue weighted by molar-refractivity contribution is 0.409. The minimum absolute atomic E-state index is 0.596. The van der Waals surface area contributed by atoms with Gasteiger partial charge in [-0.3, -0.25) is 0 Å². The van der Waals surface area contributed by atoms with Crippen LogP contribution in [0.2, 0.25) is 5.02 Å². The number of guanidine groups is 1. The molecule has 2 aromatic rings. The minimum Gasteiger partial charge on any atom is -0.496 e. The zero-order valence-electron chi connectivity index (χ0n) is 13.5. The first-order valence-electron chi connectivity index (χ1n) is 7.61. The summed E-state index contributed by atoms with van der Waals surface area (Å²) in [5.74, 6) is 1.64. The molecule has 0 amide bonds. The van der Waals surface area contributed by atoms with E-state index in [1.807, 2.05) is 55.5 Å². The monoisotopic (exact) mass is 331 g/mol. The fourth-order valence-corrected chi connectivity index (χ4v) is 2.26. The Kier molecular flexibility index (Phi) is 6.76. The molecule has 4 nitrogen and oxygen atoms in total. The van der Waals surface area contributed by atoms with Crippen LogP contribution in [0.5, 0.6) is 5.75 Å². The van der Waals surface area contributed by atoms with Gasteiger partial charge >= 0.3 is 0 Å². The zero-order valence-corrected chi connectivity index (χ0v) is 14.2. The highest BCUT2D eigenvalue weighted by Gasteiger charge is 2.03. The number of hydrogen-bond donors (Lipinski definition) is 2. The molecule has 122 valence electrons. The summed E-state index contributed by atoms with van der Waals surface area (Å²) in [5.41, 5.74) is 2.20. The summed E-state index contributed by atoms with van der Waals surface area (Å²) >= 11 is 5.90. The highest BCUT2D eigenvalue weighted by Crippen LogP contribution is 2.16. The molecule has 0 radical (unpaired) electrons. The van der Waals surface area contributed by atoms with Crippen molar-refractivity contribution >= 4 is 17.6 Å². The summed E-state index contributed by atoms with van der Waals surface area (Å²) in [6.07, 6.45) is 0. The van der Waals surface area contributed by atoms with Crippen LogP contribution in [-0.2, 0) is 13.1 Å². The predicted molar refractivity (Wildman–Crippen MR) is 96.1 cm³/mol. The van der Waals surface area contributed by atoms with Crippen molar-refractivity contribution in [2.45, 2.75) is 20.0 Å². The Balaban J connectivity index is 2.00. The molecule has 0 aliphatic carbocycles. The number of nitrogens with one attached hydrogen (secondary N) is 2. The standard InChI is InChI=1S/C18H22ClN3O/c1-3-20-18(21-12-14-8-10-16(19)11-9-14)22-13-15-6-4-5-7-17(15)23-2/h4-11H,3,12-13H2,1-2H3,(H2,20,21,22). The lowest BCUT2D eigenvalue weighted by Crippen LogP contribution is -2.36. The average molecular weight is 332 g/mol. The van der Waals surface area contributed by atoms with E-state index < -0.39 is 0 Å². The van der Waals surface area contributed by atoms with Crippen LogP contribution in [0.4, 0.5) is 0 Å². The second-order valence-corrected chi connectivity index (χ2v) is 5.42. The molecule has 0 aliphatic heterocycles. The number of benzene rings is 2. The second kappa shape index (κ2) is 9.06. The van der Waals surface area contributed by atoms with Gasteiger partial charge in [0, 0.05) is 23.7 Å². The number of methoxy groups -OCH3 is 1. The molecule has 2 rings (SSSR count). The molecule has 0 fully saturated rings. The summed E-state index contributed by atoms with van der Waals surface area (Å²) in [6, 6.07) is 15.7. The Bertz CT molecular complexity index is 641. The van der Waals surface area contributed by atoms with Gasteiger partial charge in [0.2, 0.25) is 0 Å². The van der Waals surface area contributed by atoms with E-state index in [9.17, 15) is 0 Å². The molecular weight excluding hydrogens is 310 g/mol. The van der Waals surface area contributed by atoms with Crippen molar-refractivity contribution in [1.29, 1.82) is 0 Å².